The summed E-state index contributed by atoms with van der Waals surface area (Å²) < 4.78 is 39.8. The van der Waals surface area contributed by atoms with Gasteiger partial charge in [-0.3, -0.25) is 4.79 Å². The number of fused-ring (bicyclic) bond motifs is 2. The van der Waals surface area contributed by atoms with E-state index in [0.717, 1.165) is 31.4 Å². The molecule has 26 heavy (non-hydrogen) atoms. The first-order valence-electron chi connectivity index (χ1n) is 8.05. The van der Waals surface area contributed by atoms with E-state index in [1.54, 1.807) is 10.8 Å². The lowest BCUT2D eigenvalue weighted by Gasteiger charge is -2.06. The second-order valence-electron chi connectivity index (χ2n) is 6.05. The van der Waals surface area contributed by atoms with Crippen LogP contribution in [0.15, 0.2) is 36.8 Å². The number of nitrogens with one attached hydrogen (secondary N) is 1. The van der Waals surface area contributed by atoms with Gasteiger partial charge in [-0.15, -0.1) is 11.3 Å². The van der Waals surface area contributed by atoms with E-state index in [1.807, 2.05) is 6.07 Å². The van der Waals surface area contributed by atoms with Crippen LogP contribution in [0.3, 0.4) is 0 Å². The maximum absolute atomic E-state index is 12.7. The van der Waals surface area contributed by atoms with Gasteiger partial charge in [-0.25, -0.2) is 4.98 Å². The number of thiophene rings is 1. The molecular weight excluding hydrogens is 363 g/mol. The van der Waals surface area contributed by atoms with Gasteiger partial charge in [0.2, 0.25) is 0 Å². The summed E-state index contributed by atoms with van der Waals surface area (Å²) in [7, 11) is 0. The minimum Gasteiger partial charge on any atom is -0.326 e. The third-order valence-electron chi connectivity index (χ3n) is 4.32. The normalized spacial score (nSPS) is 14.3. The molecule has 2 aromatic heterocycles. The van der Waals surface area contributed by atoms with Crippen LogP contribution in [0.1, 0.15) is 32.1 Å². The summed E-state index contributed by atoms with van der Waals surface area (Å²) in [5.41, 5.74) is 1.28. The van der Waals surface area contributed by atoms with Crippen LogP contribution in [-0.4, -0.2) is 15.5 Å². The van der Waals surface area contributed by atoms with Crippen molar-refractivity contribution in [2.24, 2.45) is 0 Å². The summed E-state index contributed by atoms with van der Waals surface area (Å²) in [6.45, 7) is 0. The number of nitrogens with zero attached hydrogens (tertiary/aromatic N) is 2. The molecule has 0 spiro atoms. The SMILES string of the molecule is O=C(N/C=C\n1cnc2cc(C(F)(F)F)ccc21)c1cc2c(s1)CCC2. The third kappa shape index (κ3) is 3.12. The van der Waals surface area contributed by atoms with Crippen molar-refractivity contribution in [3.05, 3.63) is 57.7 Å². The Hall–Kier alpha value is -2.61. The fourth-order valence-electron chi connectivity index (χ4n) is 3.03. The Morgan fingerprint density at radius 1 is 1.27 bits per heavy atom. The molecule has 0 aliphatic heterocycles. The Morgan fingerprint density at radius 2 is 2.12 bits per heavy atom. The quantitative estimate of drug-likeness (QED) is 0.732. The van der Waals surface area contributed by atoms with Crippen LogP contribution in [0.2, 0.25) is 0 Å². The fourth-order valence-corrected chi connectivity index (χ4v) is 4.19. The lowest BCUT2D eigenvalue weighted by Crippen LogP contribution is -2.15. The number of carbonyl (C=O) groups is 1. The first-order valence-corrected chi connectivity index (χ1v) is 8.86. The Kier molecular flexibility index (Phi) is 4.07. The lowest BCUT2D eigenvalue weighted by molar-refractivity contribution is -0.137. The second-order valence-corrected chi connectivity index (χ2v) is 7.19. The molecule has 0 unspecified atom stereocenters. The fraction of sp³-hybridized carbons (Fsp3) is 0.222. The number of halogens is 3. The number of rotatable bonds is 3. The smallest absolute Gasteiger partial charge is 0.326 e. The molecule has 4 nitrogen and oxygen atoms in total. The van der Waals surface area contributed by atoms with Crippen molar-refractivity contribution >= 4 is 34.5 Å². The van der Waals surface area contributed by atoms with Crippen LogP contribution < -0.4 is 5.32 Å². The van der Waals surface area contributed by atoms with Crippen LogP contribution in [-0.2, 0) is 19.0 Å². The number of benzene rings is 1. The zero-order valence-corrected chi connectivity index (χ0v) is 14.3. The topological polar surface area (TPSA) is 46.9 Å². The molecule has 8 heteroatoms. The maximum Gasteiger partial charge on any atom is 0.416 e. The third-order valence-corrected chi connectivity index (χ3v) is 5.56. The molecule has 4 rings (SSSR count). The first-order chi connectivity index (χ1) is 12.4. The van der Waals surface area contributed by atoms with Gasteiger partial charge in [0.25, 0.3) is 5.91 Å². The van der Waals surface area contributed by atoms with Gasteiger partial charge in [0.05, 0.1) is 27.8 Å². The molecule has 134 valence electrons. The predicted octanol–water partition coefficient (Wildman–Crippen LogP) is 4.46. The molecule has 0 saturated carbocycles. The zero-order chi connectivity index (χ0) is 18.3. The molecule has 0 radical (unpaired) electrons. The number of aryl methyl sites for hydroxylation is 2. The highest BCUT2D eigenvalue weighted by atomic mass is 32.1. The van der Waals surface area contributed by atoms with Gasteiger partial charge < -0.3 is 9.88 Å². The van der Waals surface area contributed by atoms with Crippen molar-refractivity contribution in [1.82, 2.24) is 14.9 Å². The highest BCUT2D eigenvalue weighted by Crippen LogP contribution is 2.31. The van der Waals surface area contributed by atoms with E-state index < -0.39 is 11.7 Å². The highest BCUT2D eigenvalue weighted by molar-refractivity contribution is 7.14. The second kappa shape index (κ2) is 6.28. The van der Waals surface area contributed by atoms with Gasteiger partial charge >= 0.3 is 6.18 Å². The number of amides is 1. The Bertz CT molecular complexity index is 995. The number of carbonyl (C=O) groups excluding carboxylic acids is 1. The van der Waals surface area contributed by atoms with Gasteiger partial charge in [0.1, 0.15) is 0 Å². The van der Waals surface area contributed by atoms with E-state index in [4.69, 9.17) is 0 Å². The molecule has 1 aliphatic carbocycles. The summed E-state index contributed by atoms with van der Waals surface area (Å²) in [6.07, 6.45) is 3.23. The van der Waals surface area contributed by atoms with Crippen molar-refractivity contribution in [2.75, 3.05) is 0 Å². The number of imidazole rings is 1. The van der Waals surface area contributed by atoms with Crippen LogP contribution in [0, 0.1) is 0 Å². The van der Waals surface area contributed by atoms with Gasteiger partial charge in [-0.2, -0.15) is 13.2 Å². The van der Waals surface area contributed by atoms with Gasteiger partial charge in [-0.1, -0.05) is 0 Å². The Balaban J connectivity index is 1.49. The van der Waals surface area contributed by atoms with Crippen LogP contribution >= 0.6 is 11.3 Å². The van der Waals surface area contributed by atoms with Gasteiger partial charge in [0, 0.05) is 17.3 Å². The van der Waals surface area contributed by atoms with Crippen molar-refractivity contribution in [3.8, 4) is 0 Å². The molecule has 2 heterocycles. The van der Waals surface area contributed by atoms with E-state index in [1.165, 1.54) is 40.4 Å². The van der Waals surface area contributed by atoms with Crippen molar-refractivity contribution < 1.29 is 18.0 Å². The average Bonchev–Trinajstić information content (AvgIpc) is 3.27. The standard InChI is InChI=1S/C18H14F3N3OS/c19-18(20,21)12-4-5-14-13(9-12)23-10-24(14)7-6-22-17(25)16-8-11-2-1-3-15(11)26-16/h4-10H,1-3H2,(H,22,25)/b7-6-. The predicted molar refractivity (Wildman–Crippen MR) is 93.9 cm³/mol. The molecular formula is C18H14F3N3OS. The number of alkyl halides is 3. The Labute approximate surface area is 151 Å². The maximum atomic E-state index is 12.7. The van der Waals surface area contributed by atoms with Crippen molar-refractivity contribution in [1.29, 1.82) is 0 Å². The summed E-state index contributed by atoms with van der Waals surface area (Å²) in [5.74, 6) is -0.190. The van der Waals surface area contributed by atoms with Crippen molar-refractivity contribution in [3.63, 3.8) is 0 Å². The molecule has 1 aromatic carbocycles. The first kappa shape index (κ1) is 16.8. The molecule has 0 saturated heterocycles. The molecule has 1 amide bonds. The van der Waals surface area contributed by atoms with Crippen LogP contribution in [0.4, 0.5) is 13.2 Å². The lowest BCUT2D eigenvalue weighted by atomic mass is 10.2. The van der Waals surface area contributed by atoms with Gasteiger partial charge in [0.15, 0.2) is 0 Å². The highest BCUT2D eigenvalue weighted by Gasteiger charge is 2.30. The summed E-state index contributed by atoms with van der Waals surface area (Å²) >= 11 is 1.51. The minimum atomic E-state index is -4.40. The monoisotopic (exact) mass is 377 g/mol. The summed E-state index contributed by atoms with van der Waals surface area (Å²) in [5, 5.41) is 2.69. The minimum absolute atomic E-state index is 0.190. The molecule has 0 atom stereocenters. The van der Waals surface area contributed by atoms with Crippen molar-refractivity contribution in [2.45, 2.75) is 25.4 Å². The summed E-state index contributed by atoms with van der Waals surface area (Å²) in [4.78, 5) is 18.1. The molecule has 1 N–H and O–H groups in total. The largest absolute Gasteiger partial charge is 0.416 e. The van der Waals surface area contributed by atoms with Gasteiger partial charge in [-0.05, 0) is 49.1 Å². The molecule has 0 fully saturated rings. The molecule has 3 aromatic rings. The van der Waals surface area contributed by atoms with E-state index in [-0.39, 0.29) is 11.4 Å². The average molecular weight is 377 g/mol. The zero-order valence-electron chi connectivity index (χ0n) is 13.5. The number of hydrogen-bond acceptors (Lipinski definition) is 3. The van der Waals surface area contributed by atoms with E-state index in [9.17, 15) is 18.0 Å². The number of hydrogen-bond donors (Lipinski definition) is 1. The van der Waals surface area contributed by atoms with E-state index in [2.05, 4.69) is 10.3 Å². The Morgan fingerprint density at radius 3 is 2.88 bits per heavy atom. The van der Waals surface area contributed by atoms with Crippen LogP contribution in [0.25, 0.3) is 17.2 Å². The molecule has 0 bridgehead atoms. The van der Waals surface area contributed by atoms with E-state index >= 15 is 0 Å². The van der Waals surface area contributed by atoms with Crippen LogP contribution in [0.5, 0.6) is 0 Å². The number of aromatic nitrogens is 2. The van der Waals surface area contributed by atoms with E-state index in [0.29, 0.717) is 10.4 Å². The molecule has 1 aliphatic rings. The summed E-state index contributed by atoms with van der Waals surface area (Å²) in [6, 6.07) is 5.31.